The van der Waals surface area contributed by atoms with Gasteiger partial charge in [0.25, 0.3) is 0 Å². The third-order valence-corrected chi connectivity index (χ3v) is 4.46. The third-order valence-electron chi connectivity index (χ3n) is 4.46. The van der Waals surface area contributed by atoms with Gasteiger partial charge in [0, 0.05) is 58.6 Å². The molecule has 2 aliphatic heterocycles. The summed E-state index contributed by atoms with van der Waals surface area (Å²) in [5.74, 6) is 0.918. The molecule has 2 saturated heterocycles. The average molecular weight is 304 g/mol. The molecule has 6 heteroatoms. The Hall–Kier alpha value is -1.66. The second kappa shape index (κ2) is 6.62. The van der Waals surface area contributed by atoms with Crippen LogP contribution in [0.2, 0.25) is 0 Å². The molecule has 0 unspecified atom stereocenters. The predicted octanol–water partition coefficient (Wildman–Crippen LogP) is 0.439. The van der Waals surface area contributed by atoms with Crippen LogP contribution in [0.3, 0.4) is 0 Å². The first-order valence-electron chi connectivity index (χ1n) is 7.96. The van der Waals surface area contributed by atoms with E-state index in [2.05, 4.69) is 20.9 Å². The number of rotatable bonds is 4. The minimum Gasteiger partial charge on any atom is -0.478 e. The van der Waals surface area contributed by atoms with E-state index in [0.29, 0.717) is 12.5 Å². The zero-order chi connectivity index (χ0) is 15.5. The van der Waals surface area contributed by atoms with Crippen molar-refractivity contribution < 1.29 is 9.53 Å². The fourth-order valence-corrected chi connectivity index (χ4v) is 3.16. The topological polar surface area (TPSA) is 48.9 Å². The molecule has 1 atom stereocenters. The number of carbonyl (C=O) groups is 1. The van der Waals surface area contributed by atoms with E-state index in [-0.39, 0.29) is 11.9 Å². The van der Waals surface area contributed by atoms with E-state index in [1.54, 1.807) is 0 Å². The van der Waals surface area contributed by atoms with Crippen LogP contribution in [0.15, 0.2) is 18.3 Å². The Labute approximate surface area is 131 Å². The first-order valence-corrected chi connectivity index (χ1v) is 7.96. The molecule has 0 saturated carbocycles. The van der Waals surface area contributed by atoms with Gasteiger partial charge in [-0.2, -0.15) is 0 Å². The molecule has 0 radical (unpaired) electrons. The maximum Gasteiger partial charge on any atom is 0.241 e. The Bertz CT molecular complexity index is 519. The van der Waals surface area contributed by atoms with Crippen LogP contribution in [-0.4, -0.2) is 78.0 Å². The number of pyridine rings is 1. The summed E-state index contributed by atoms with van der Waals surface area (Å²) < 4.78 is 5.37. The zero-order valence-corrected chi connectivity index (χ0v) is 13.4. The van der Waals surface area contributed by atoms with Crippen LogP contribution in [0, 0.1) is 0 Å². The lowest BCUT2D eigenvalue weighted by Gasteiger charge is -2.45. The Morgan fingerprint density at radius 3 is 2.82 bits per heavy atom. The molecule has 22 heavy (non-hydrogen) atoms. The molecule has 0 aromatic carbocycles. The normalized spacial score (nSPS) is 23.5. The lowest BCUT2D eigenvalue weighted by Crippen LogP contribution is -2.63. The molecule has 1 aromatic heterocycles. The van der Waals surface area contributed by atoms with Crippen LogP contribution >= 0.6 is 0 Å². The van der Waals surface area contributed by atoms with E-state index in [4.69, 9.17) is 4.74 Å². The minimum absolute atomic E-state index is 0.0168. The van der Waals surface area contributed by atoms with Gasteiger partial charge in [0.15, 0.2) is 0 Å². The number of hydrogen-bond donors (Lipinski definition) is 0. The highest BCUT2D eigenvalue weighted by molar-refractivity contribution is 5.82. The van der Waals surface area contributed by atoms with E-state index >= 15 is 0 Å². The SMILES string of the molecule is CCOc1ccc(CN2CCN3CCN(C)C(=O)[C@H]3C2)cn1. The second-order valence-electron chi connectivity index (χ2n) is 5.98. The van der Waals surface area contributed by atoms with Crippen LogP contribution in [-0.2, 0) is 11.3 Å². The molecule has 6 nitrogen and oxygen atoms in total. The number of hydrogen-bond acceptors (Lipinski definition) is 5. The van der Waals surface area contributed by atoms with Crippen LogP contribution in [0.4, 0.5) is 0 Å². The highest BCUT2D eigenvalue weighted by Gasteiger charge is 2.36. The van der Waals surface area contributed by atoms with Crippen molar-refractivity contribution in [3.63, 3.8) is 0 Å². The quantitative estimate of drug-likeness (QED) is 0.808. The largest absolute Gasteiger partial charge is 0.478 e. The van der Waals surface area contributed by atoms with Crippen molar-refractivity contribution in [1.82, 2.24) is 19.7 Å². The number of likely N-dealkylation sites (N-methyl/N-ethyl adjacent to an activating group) is 1. The van der Waals surface area contributed by atoms with Crippen molar-refractivity contribution in [2.24, 2.45) is 0 Å². The summed E-state index contributed by atoms with van der Waals surface area (Å²) in [6.45, 7) is 8.02. The fraction of sp³-hybridized carbons (Fsp3) is 0.625. The number of amides is 1. The van der Waals surface area contributed by atoms with Gasteiger partial charge in [0.05, 0.1) is 6.61 Å². The highest BCUT2D eigenvalue weighted by atomic mass is 16.5. The van der Waals surface area contributed by atoms with Crippen molar-refractivity contribution >= 4 is 5.91 Å². The smallest absolute Gasteiger partial charge is 0.241 e. The Morgan fingerprint density at radius 2 is 2.09 bits per heavy atom. The first-order chi connectivity index (χ1) is 10.7. The van der Waals surface area contributed by atoms with Crippen molar-refractivity contribution in [3.05, 3.63) is 23.9 Å². The summed E-state index contributed by atoms with van der Waals surface area (Å²) in [7, 11) is 1.90. The Balaban J connectivity index is 1.60. The molecule has 1 amide bonds. The fourth-order valence-electron chi connectivity index (χ4n) is 3.16. The molecule has 0 bridgehead atoms. The van der Waals surface area contributed by atoms with Crippen LogP contribution in [0.5, 0.6) is 5.88 Å². The highest BCUT2D eigenvalue weighted by Crippen LogP contribution is 2.18. The first kappa shape index (κ1) is 15.2. The summed E-state index contributed by atoms with van der Waals surface area (Å²) in [6.07, 6.45) is 1.87. The number of piperazine rings is 2. The summed E-state index contributed by atoms with van der Waals surface area (Å²) in [4.78, 5) is 23.1. The van der Waals surface area contributed by atoms with Gasteiger partial charge >= 0.3 is 0 Å². The van der Waals surface area contributed by atoms with Gasteiger partial charge in [-0.05, 0) is 12.5 Å². The Morgan fingerprint density at radius 1 is 1.27 bits per heavy atom. The molecule has 0 N–H and O–H groups in total. The molecule has 2 aliphatic rings. The molecule has 3 rings (SSSR count). The summed E-state index contributed by atoms with van der Waals surface area (Å²) in [6, 6.07) is 3.98. The molecule has 2 fully saturated rings. The van der Waals surface area contributed by atoms with Gasteiger partial charge in [-0.25, -0.2) is 4.98 Å². The van der Waals surface area contributed by atoms with Gasteiger partial charge in [0.1, 0.15) is 6.04 Å². The van der Waals surface area contributed by atoms with E-state index in [0.717, 1.165) is 44.8 Å². The average Bonchev–Trinajstić information content (AvgIpc) is 2.54. The predicted molar refractivity (Wildman–Crippen MR) is 83.7 cm³/mol. The molecule has 0 spiro atoms. The number of fused-ring (bicyclic) bond motifs is 1. The number of nitrogens with zero attached hydrogens (tertiary/aromatic N) is 4. The number of carbonyl (C=O) groups excluding carboxylic acids is 1. The lowest BCUT2D eigenvalue weighted by molar-refractivity contribution is -0.143. The van der Waals surface area contributed by atoms with Crippen LogP contribution < -0.4 is 4.74 Å². The molecular weight excluding hydrogens is 280 g/mol. The number of aromatic nitrogens is 1. The van der Waals surface area contributed by atoms with Crippen molar-refractivity contribution in [1.29, 1.82) is 0 Å². The standard InChI is InChI=1S/C16H24N4O2/c1-3-22-15-5-4-13(10-17-15)11-19-7-9-20-8-6-18(2)16(21)14(20)12-19/h4-5,10,14H,3,6-9,11-12H2,1-2H3/t14-/m1/s1. The van der Waals surface area contributed by atoms with Crippen molar-refractivity contribution in [2.45, 2.75) is 19.5 Å². The summed E-state index contributed by atoms with van der Waals surface area (Å²) in [5.41, 5.74) is 1.16. The molecule has 0 aliphatic carbocycles. The van der Waals surface area contributed by atoms with Crippen molar-refractivity contribution in [3.8, 4) is 5.88 Å². The molecule has 120 valence electrons. The van der Waals surface area contributed by atoms with E-state index in [1.165, 1.54) is 0 Å². The monoisotopic (exact) mass is 304 g/mol. The Kier molecular flexibility index (Phi) is 4.59. The lowest BCUT2D eigenvalue weighted by atomic mass is 10.1. The van der Waals surface area contributed by atoms with E-state index < -0.39 is 0 Å². The van der Waals surface area contributed by atoms with Gasteiger partial charge < -0.3 is 9.64 Å². The minimum atomic E-state index is 0.0168. The van der Waals surface area contributed by atoms with Crippen LogP contribution in [0.1, 0.15) is 12.5 Å². The van der Waals surface area contributed by atoms with Gasteiger partial charge in [-0.15, -0.1) is 0 Å². The van der Waals surface area contributed by atoms with Gasteiger partial charge in [0.2, 0.25) is 11.8 Å². The molecule has 3 heterocycles. The molecular formula is C16H24N4O2. The summed E-state index contributed by atoms with van der Waals surface area (Å²) in [5, 5.41) is 0. The number of ether oxygens (including phenoxy) is 1. The van der Waals surface area contributed by atoms with E-state index in [1.807, 2.05) is 31.1 Å². The zero-order valence-electron chi connectivity index (χ0n) is 13.4. The van der Waals surface area contributed by atoms with Gasteiger partial charge in [-0.3, -0.25) is 14.6 Å². The summed E-state index contributed by atoms with van der Waals surface area (Å²) >= 11 is 0. The molecule has 1 aromatic rings. The van der Waals surface area contributed by atoms with Gasteiger partial charge in [-0.1, -0.05) is 6.07 Å². The maximum atomic E-state index is 12.3. The van der Waals surface area contributed by atoms with Crippen molar-refractivity contribution in [2.75, 3.05) is 46.4 Å². The van der Waals surface area contributed by atoms with E-state index in [9.17, 15) is 4.79 Å². The third kappa shape index (κ3) is 3.23. The second-order valence-corrected chi connectivity index (χ2v) is 5.98. The maximum absolute atomic E-state index is 12.3. The van der Waals surface area contributed by atoms with Crippen LogP contribution in [0.25, 0.3) is 0 Å².